The molecule has 1 amide bonds. The summed E-state index contributed by atoms with van der Waals surface area (Å²) >= 11 is 0. The first-order valence-corrected chi connectivity index (χ1v) is 8.45. The Kier molecular flexibility index (Phi) is 4.40. The maximum atomic E-state index is 13.3. The fraction of sp³-hybridized carbons (Fsp3) is 0.450. The van der Waals surface area contributed by atoms with Crippen molar-refractivity contribution in [1.82, 2.24) is 10.2 Å². The third-order valence-corrected chi connectivity index (χ3v) is 4.40. The predicted molar refractivity (Wildman–Crippen MR) is 95.7 cm³/mol. The van der Waals surface area contributed by atoms with Crippen LogP contribution in [0.5, 0.6) is 0 Å². The lowest BCUT2D eigenvalue weighted by Crippen LogP contribution is -2.45. The van der Waals surface area contributed by atoms with Gasteiger partial charge in [-0.15, -0.1) is 0 Å². The van der Waals surface area contributed by atoms with E-state index >= 15 is 0 Å². The predicted octanol–water partition coefficient (Wildman–Crippen LogP) is 3.69. The Hall–Kier alpha value is -1.87. The van der Waals surface area contributed by atoms with Crippen molar-refractivity contribution in [3.05, 3.63) is 48.0 Å². The Bertz CT molecular complexity index is 691. The normalized spacial score (nSPS) is 18.3. The number of nitrogens with one attached hydrogen (secondary N) is 1. The molecule has 122 valence electrons. The zero-order valence-corrected chi connectivity index (χ0v) is 14.3. The number of fused-ring (bicyclic) bond motifs is 1. The van der Waals surface area contributed by atoms with Crippen LogP contribution in [-0.4, -0.2) is 36.5 Å². The summed E-state index contributed by atoms with van der Waals surface area (Å²) in [5.74, 6) is 0.158. The Labute approximate surface area is 138 Å². The molecule has 1 heterocycles. The van der Waals surface area contributed by atoms with Crippen LogP contribution in [0.4, 0.5) is 0 Å². The van der Waals surface area contributed by atoms with Crippen LogP contribution in [0.2, 0.25) is 0 Å². The van der Waals surface area contributed by atoms with E-state index in [1.807, 2.05) is 30.3 Å². The Morgan fingerprint density at radius 1 is 1.17 bits per heavy atom. The summed E-state index contributed by atoms with van der Waals surface area (Å²) < 4.78 is 0. The topological polar surface area (TPSA) is 32.3 Å². The van der Waals surface area contributed by atoms with Crippen LogP contribution >= 0.6 is 0 Å². The van der Waals surface area contributed by atoms with E-state index in [0.717, 1.165) is 42.4 Å². The highest BCUT2D eigenvalue weighted by atomic mass is 16.2. The van der Waals surface area contributed by atoms with Crippen molar-refractivity contribution in [2.24, 2.45) is 5.41 Å². The second kappa shape index (κ2) is 6.32. The van der Waals surface area contributed by atoms with E-state index < -0.39 is 0 Å². The fourth-order valence-electron chi connectivity index (χ4n) is 3.35. The molecule has 3 nitrogen and oxygen atoms in total. The molecule has 1 aliphatic rings. The molecule has 0 saturated carbocycles. The maximum absolute atomic E-state index is 13.3. The smallest absolute Gasteiger partial charge is 0.254 e. The van der Waals surface area contributed by atoms with Crippen LogP contribution < -0.4 is 5.32 Å². The van der Waals surface area contributed by atoms with E-state index in [1.54, 1.807) is 0 Å². The molecule has 1 saturated heterocycles. The molecule has 0 aromatic heterocycles. The molecule has 0 radical (unpaired) electrons. The largest absolute Gasteiger partial charge is 0.334 e. The van der Waals surface area contributed by atoms with Gasteiger partial charge in [-0.2, -0.15) is 0 Å². The molecule has 3 heteroatoms. The van der Waals surface area contributed by atoms with Crippen molar-refractivity contribution in [1.29, 1.82) is 0 Å². The van der Waals surface area contributed by atoms with Gasteiger partial charge in [0.2, 0.25) is 0 Å². The van der Waals surface area contributed by atoms with E-state index in [-0.39, 0.29) is 11.3 Å². The average molecular weight is 310 g/mol. The highest BCUT2D eigenvalue weighted by Gasteiger charge is 2.31. The molecule has 0 bridgehead atoms. The van der Waals surface area contributed by atoms with Crippen molar-refractivity contribution in [3.8, 4) is 0 Å². The fourth-order valence-corrected chi connectivity index (χ4v) is 3.35. The van der Waals surface area contributed by atoms with Crippen molar-refractivity contribution in [3.63, 3.8) is 0 Å². The van der Waals surface area contributed by atoms with Crippen molar-refractivity contribution in [2.75, 3.05) is 19.6 Å². The SMILES string of the molecule is CC(C)(C)CN(C(=O)c1cccc2ccccc12)C1CCNC1. The van der Waals surface area contributed by atoms with Gasteiger partial charge in [-0.05, 0) is 35.2 Å². The van der Waals surface area contributed by atoms with Gasteiger partial charge in [0.15, 0.2) is 0 Å². The molecule has 23 heavy (non-hydrogen) atoms. The van der Waals surface area contributed by atoms with Gasteiger partial charge in [-0.3, -0.25) is 4.79 Å². The van der Waals surface area contributed by atoms with Gasteiger partial charge in [0.1, 0.15) is 0 Å². The van der Waals surface area contributed by atoms with E-state index in [1.165, 1.54) is 0 Å². The second-order valence-corrected chi connectivity index (χ2v) is 7.67. The van der Waals surface area contributed by atoms with Crippen LogP contribution in [0, 0.1) is 5.41 Å². The van der Waals surface area contributed by atoms with E-state index in [9.17, 15) is 4.79 Å². The minimum Gasteiger partial charge on any atom is -0.334 e. The van der Waals surface area contributed by atoms with Gasteiger partial charge in [0.05, 0.1) is 0 Å². The van der Waals surface area contributed by atoms with E-state index in [0.29, 0.717) is 6.04 Å². The van der Waals surface area contributed by atoms with Gasteiger partial charge in [-0.25, -0.2) is 0 Å². The summed E-state index contributed by atoms with van der Waals surface area (Å²) in [5.41, 5.74) is 0.905. The summed E-state index contributed by atoms with van der Waals surface area (Å²) in [6.45, 7) is 9.25. The third kappa shape index (κ3) is 3.56. The van der Waals surface area contributed by atoms with Crippen LogP contribution in [0.3, 0.4) is 0 Å². The molecule has 3 rings (SSSR count). The van der Waals surface area contributed by atoms with Crippen LogP contribution in [0.1, 0.15) is 37.6 Å². The first-order chi connectivity index (χ1) is 11.0. The molecule has 1 unspecified atom stereocenters. The lowest BCUT2D eigenvalue weighted by atomic mass is 9.94. The first-order valence-electron chi connectivity index (χ1n) is 8.45. The van der Waals surface area contributed by atoms with Gasteiger partial charge in [-0.1, -0.05) is 57.2 Å². The molecule has 1 aliphatic heterocycles. The number of benzene rings is 2. The minimum atomic E-state index is 0.0861. The van der Waals surface area contributed by atoms with Crippen molar-refractivity contribution < 1.29 is 4.79 Å². The monoisotopic (exact) mass is 310 g/mol. The van der Waals surface area contributed by atoms with Gasteiger partial charge >= 0.3 is 0 Å². The molecule has 0 spiro atoms. The van der Waals surface area contributed by atoms with E-state index in [4.69, 9.17) is 0 Å². The summed E-state index contributed by atoms with van der Waals surface area (Å²) in [4.78, 5) is 15.4. The zero-order valence-electron chi connectivity index (χ0n) is 14.3. The van der Waals surface area contributed by atoms with Crippen molar-refractivity contribution in [2.45, 2.75) is 33.2 Å². The summed E-state index contributed by atoms with van der Waals surface area (Å²) in [6, 6.07) is 14.4. The summed E-state index contributed by atoms with van der Waals surface area (Å²) in [7, 11) is 0. The van der Waals surface area contributed by atoms with Crippen LogP contribution in [-0.2, 0) is 0 Å². The number of carbonyl (C=O) groups excluding carboxylic acids is 1. The highest BCUT2D eigenvalue weighted by molar-refractivity contribution is 6.07. The van der Waals surface area contributed by atoms with Gasteiger partial charge in [0.25, 0.3) is 5.91 Å². The second-order valence-electron chi connectivity index (χ2n) is 7.67. The lowest BCUT2D eigenvalue weighted by Gasteiger charge is -2.34. The number of nitrogens with zero attached hydrogens (tertiary/aromatic N) is 1. The molecule has 0 aliphatic carbocycles. The Morgan fingerprint density at radius 2 is 1.91 bits per heavy atom. The highest BCUT2D eigenvalue weighted by Crippen LogP contribution is 2.25. The van der Waals surface area contributed by atoms with E-state index in [2.05, 4.69) is 43.1 Å². The molecule has 2 aromatic rings. The number of rotatable bonds is 3. The lowest BCUT2D eigenvalue weighted by molar-refractivity contribution is 0.0617. The molecule has 1 fully saturated rings. The van der Waals surface area contributed by atoms with Gasteiger partial charge in [0, 0.05) is 24.7 Å². The third-order valence-electron chi connectivity index (χ3n) is 4.40. The minimum absolute atomic E-state index is 0.0861. The van der Waals surface area contributed by atoms with Gasteiger partial charge < -0.3 is 10.2 Å². The Balaban J connectivity index is 1.99. The summed E-state index contributed by atoms with van der Waals surface area (Å²) in [5, 5.41) is 5.56. The molecular weight excluding hydrogens is 284 g/mol. The Morgan fingerprint density at radius 3 is 2.61 bits per heavy atom. The molecule has 2 aromatic carbocycles. The molecular formula is C20H26N2O. The number of carbonyl (C=O) groups is 1. The zero-order chi connectivity index (χ0) is 16.4. The first kappa shape index (κ1) is 16.0. The van der Waals surface area contributed by atoms with Crippen LogP contribution in [0.25, 0.3) is 10.8 Å². The summed E-state index contributed by atoms with van der Waals surface area (Å²) in [6.07, 6.45) is 1.03. The maximum Gasteiger partial charge on any atom is 0.254 e. The standard InChI is InChI=1S/C20H26N2O/c1-20(2,3)14-22(16-11-12-21-13-16)19(23)18-10-6-8-15-7-4-5-9-17(15)18/h4-10,16,21H,11-14H2,1-3H3. The quantitative estimate of drug-likeness (QED) is 0.937. The number of hydrogen-bond donors (Lipinski definition) is 1. The average Bonchev–Trinajstić information content (AvgIpc) is 3.05. The van der Waals surface area contributed by atoms with Crippen molar-refractivity contribution >= 4 is 16.7 Å². The number of hydrogen-bond acceptors (Lipinski definition) is 2. The number of amides is 1. The molecule has 1 N–H and O–H groups in total. The van der Waals surface area contributed by atoms with Crippen LogP contribution in [0.15, 0.2) is 42.5 Å². The molecule has 1 atom stereocenters.